The molecule has 1 aromatic rings. The molecular formula is C14H18ClNO3. The van der Waals surface area contributed by atoms with Gasteiger partial charge in [-0.1, -0.05) is 11.6 Å². The fraction of sp³-hybridized carbons (Fsp3) is 0.500. The second-order valence-corrected chi connectivity index (χ2v) is 5.19. The van der Waals surface area contributed by atoms with Gasteiger partial charge in [0.05, 0.1) is 7.11 Å². The summed E-state index contributed by atoms with van der Waals surface area (Å²) in [5.41, 5.74) is 0.842. The van der Waals surface area contributed by atoms with Crippen LogP contribution in [-0.2, 0) is 11.2 Å². The molecule has 0 aromatic heterocycles. The highest BCUT2D eigenvalue weighted by Crippen LogP contribution is 2.26. The molecule has 1 atom stereocenters. The van der Waals surface area contributed by atoms with Crippen LogP contribution in [0.4, 0.5) is 0 Å². The van der Waals surface area contributed by atoms with Gasteiger partial charge in [0.15, 0.2) is 0 Å². The number of methoxy groups -OCH3 is 1. The van der Waals surface area contributed by atoms with Gasteiger partial charge in [-0.05, 0) is 49.7 Å². The van der Waals surface area contributed by atoms with Crippen molar-refractivity contribution in [1.29, 1.82) is 0 Å². The number of carboxylic acids is 1. The molecule has 1 aliphatic heterocycles. The molecule has 0 amide bonds. The molecule has 1 aromatic carbocycles. The van der Waals surface area contributed by atoms with Gasteiger partial charge in [0.1, 0.15) is 11.8 Å². The van der Waals surface area contributed by atoms with E-state index < -0.39 is 12.0 Å². The van der Waals surface area contributed by atoms with Crippen molar-refractivity contribution in [2.75, 3.05) is 20.2 Å². The lowest BCUT2D eigenvalue weighted by Gasteiger charge is -2.24. The molecule has 19 heavy (non-hydrogen) atoms. The molecule has 1 heterocycles. The van der Waals surface area contributed by atoms with Crippen molar-refractivity contribution in [3.8, 4) is 5.75 Å². The lowest BCUT2D eigenvalue weighted by atomic mass is 10.0. The number of rotatable bonds is 5. The van der Waals surface area contributed by atoms with Crippen molar-refractivity contribution in [3.05, 3.63) is 28.8 Å². The van der Waals surface area contributed by atoms with Crippen LogP contribution in [0.1, 0.15) is 18.4 Å². The van der Waals surface area contributed by atoms with E-state index in [1.54, 1.807) is 25.3 Å². The number of hydrogen-bond acceptors (Lipinski definition) is 3. The van der Waals surface area contributed by atoms with Gasteiger partial charge < -0.3 is 9.84 Å². The highest BCUT2D eigenvalue weighted by molar-refractivity contribution is 6.30. The molecule has 4 nitrogen and oxygen atoms in total. The smallest absolute Gasteiger partial charge is 0.321 e. The second-order valence-electron chi connectivity index (χ2n) is 4.76. The predicted octanol–water partition coefficient (Wildman–Crippen LogP) is 2.44. The minimum atomic E-state index is -0.788. The molecule has 0 radical (unpaired) electrons. The van der Waals surface area contributed by atoms with Crippen LogP contribution in [-0.4, -0.2) is 42.2 Å². The first-order valence-electron chi connectivity index (χ1n) is 6.41. The van der Waals surface area contributed by atoms with Gasteiger partial charge in [-0.3, -0.25) is 9.69 Å². The summed E-state index contributed by atoms with van der Waals surface area (Å²) in [6.07, 6.45) is 2.55. The van der Waals surface area contributed by atoms with E-state index in [1.165, 1.54) is 0 Å². The van der Waals surface area contributed by atoms with Crippen molar-refractivity contribution < 1.29 is 14.6 Å². The zero-order chi connectivity index (χ0) is 13.8. The number of likely N-dealkylation sites (tertiary alicyclic amines) is 1. The average Bonchev–Trinajstić information content (AvgIpc) is 2.89. The lowest BCUT2D eigenvalue weighted by Crippen LogP contribution is -2.40. The van der Waals surface area contributed by atoms with Crippen molar-refractivity contribution in [2.45, 2.75) is 25.3 Å². The number of nitrogens with zero attached hydrogens (tertiary/aromatic N) is 1. The molecule has 0 spiro atoms. The van der Waals surface area contributed by atoms with E-state index in [-0.39, 0.29) is 0 Å². The molecule has 1 aliphatic rings. The highest BCUT2D eigenvalue weighted by atomic mass is 35.5. The normalized spacial score (nSPS) is 17.4. The number of ether oxygens (including phenoxy) is 1. The van der Waals surface area contributed by atoms with Gasteiger partial charge in [-0.2, -0.15) is 0 Å². The number of hydrogen-bond donors (Lipinski definition) is 1. The Balaban J connectivity index is 2.20. The standard InChI is InChI=1S/C14H18ClNO3/c1-19-13-5-4-11(15)8-10(13)9-12(14(17)18)16-6-2-3-7-16/h4-5,8,12H,2-3,6-7,9H2,1H3,(H,17,18). The van der Waals surface area contributed by atoms with Gasteiger partial charge in [-0.15, -0.1) is 0 Å². The summed E-state index contributed by atoms with van der Waals surface area (Å²) < 4.78 is 5.27. The molecule has 2 rings (SSSR count). The molecule has 0 aliphatic carbocycles. The topological polar surface area (TPSA) is 49.8 Å². The maximum absolute atomic E-state index is 11.5. The fourth-order valence-electron chi connectivity index (χ4n) is 2.54. The SMILES string of the molecule is COc1ccc(Cl)cc1CC(C(=O)O)N1CCCC1. The Hall–Kier alpha value is -1.26. The van der Waals surface area contributed by atoms with Gasteiger partial charge >= 0.3 is 5.97 Å². The Labute approximate surface area is 117 Å². The molecule has 1 unspecified atom stereocenters. The van der Waals surface area contributed by atoms with Crippen LogP contribution >= 0.6 is 11.6 Å². The van der Waals surface area contributed by atoms with Crippen molar-refractivity contribution in [2.24, 2.45) is 0 Å². The summed E-state index contributed by atoms with van der Waals surface area (Å²) in [7, 11) is 1.58. The van der Waals surface area contributed by atoms with E-state index in [1.807, 2.05) is 4.90 Å². The lowest BCUT2D eigenvalue weighted by molar-refractivity contribution is -0.142. The first-order valence-corrected chi connectivity index (χ1v) is 6.79. The van der Waals surface area contributed by atoms with Gasteiger partial charge in [-0.25, -0.2) is 0 Å². The quantitative estimate of drug-likeness (QED) is 0.902. The van der Waals surface area contributed by atoms with Gasteiger partial charge in [0, 0.05) is 11.4 Å². The summed E-state index contributed by atoms with van der Waals surface area (Å²) in [5.74, 6) is -0.0984. The molecule has 1 fully saturated rings. The van der Waals surface area contributed by atoms with Crippen LogP contribution in [0.5, 0.6) is 5.75 Å². The number of carboxylic acid groups (broad SMARTS) is 1. The number of benzene rings is 1. The Morgan fingerprint density at radius 2 is 2.16 bits per heavy atom. The maximum Gasteiger partial charge on any atom is 0.321 e. The Morgan fingerprint density at radius 1 is 1.47 bits per heavy atom. The Bertz CT molecular complexity index is 458. The minimum Gasteiger partial charge on any atom is -0.496 e. The predicted molar refractivity (Wildman–Crippen MR) is 73.9 cm³/mol. The van der Waals surface area contributed by atoms with Crippen molar-refractivity contribution >= 4 is 17.6 Å². The highest BCUT2D eigenvalue weighted by Gasteiger charge is 2.28. The van der Waals surface area contributed by atoms with Crippen LogP contribution in [0.25, 0.3) is 0 Å². The van der Waals surface area contributed by atoms with Crippen LogP contribution in [0.2, 0.25) is 5.02 Å². The number of carbonyl (C=O) groups is 1. The summed E-state index contributed by atoms with van der Waals surface area (Å²) in [6, 6.07) is 4.80. The van der Waals surface area contributed by atoms with Crippen LogP contribution in [0, 0.1) is 0 Å². The maximum atomic E-state index is 11.5. The first kappa shape index (κ1) is 14.2. The van der Waals surface area contributed by atoms with Gasteiger partial charge in [0.2, 0.25) is 0 Å². The third kappa shape index (κ3) is 3.39. The van der Waals surface area contributed by atoms with E-state index >= 15 is 0 Å². The third-order valence-electron chi connectivity index (χ3n) is 3.52. The summed E-state index contributed by atoms with van der Waals surface area (Å²) >= 11 is 5.98. The molecule has 0 bridgehead atoms. The summed E-state index contributed by atoms with van der Waals surface area (Å²) in [4.78, 5) is 13.5. The monoisotopic (exact) mass is 283 g/mol. The van der Waals surface area contributed by atoms with E-state index in [2.05, 4.69) is 0 Å². The van der Waals surface area contributed by atoms with Crippen molar-refractivity contribution in [3.63, 3.8) is 0 Å². The molecular weight excluding hydrogens is 266 g/mol. The van der Waals surface area contributed by atoms with Crippen LogP contribution in [0.15, 0.2) is 18.2 Å². The molecule has 1 saturated heterocycles. The fourth-order valence-corrected chi connectivity index (χ4v) is 2.74. The average molecular weight is 284 g/mol. The van der Waals surface area contributed by atoms with E-state index in [9.17, 15) is 9.90 Å². The molecule has 1 N–H and O–H groups in total. The molecule has 0 saturated carbocycles. The first-order chi connectivity index (χ1) is 9.11. The van der Waals surface area contributed by atoms with E-state index in [0.717, 1.165) is 31.5 Å². The van der Waals surface area contributed by atoms with E-state index in [0.29, 0.717) is 17.2 Å². The third-order valence-corrected chi connectivity index (χ3v) is 3.76. The Kier molecular flexibility index (Phi) is 4.66. The summed E-state index contributed by atoms with van der Waals surface area (Å²) in [6.45, 7) is 1.69. The molecule has 104 valence electrons. The second kappa shape index (κ2) is 6.26. The van der Waals surface area contributed by atoms with Gasteiger partial charge in [0.25, 0.3) is 0 Å². The largest absolute Gasteiger partial charge is 0.496 e. The Morgan fingerprint density at radius 3 is 2.74 bits per heavy atom. The minimum absolute atomic E-state index is 0.416. The zero-order valence-electron chi connectivity index (χ0n) is 10.9. The van der Waals surface area contributed by atoms with Crippen LogP contribution < -0.4 is 4.74 Å². The van der Waals surface area contributed by atoms with E-state index in [4.69, 9.17) is 16.3 Å². The molecule has 5 heteroatoms. The zero-order valence-corrected chi connectivity index (χ0v) is 11.7. The number of halogens is 1. The number of aliphatic carboxylic acids is 1. The van der Waals surface area contributed by atoms with Crippen molar-refractivity contribution in [1.82, 2.24) is 4.90 Å². The van der Waals surface area contributed by atoms with Crippen LogP contribution in [0.3, 0.4) is 0 Å². The summed E-state index contributed by atoms with van der Waals surface area (Å²) in [5, 5.41) is 10.0.